The van der Waals surface area contributed by atoms with Crippen LogP contribution in [0.25, 0.3) is 0 Å². The molecule has 0 aromatic carbocycles. The number of carbonyl (C=O) groups is 2. The van der Waals surface area contributed by atoms with Crippen LogP contribution in [0.1, 0.15) is 206 Å². The molecule has 0 aliphatic heterocycles. The van der Waals surface area contributed by atoms with Gasteiger partial charge in [0.1, 0.15) is 43.2 Å². The number of carbonyl (C=O) groups excluding carboxylic acids is 2. The summed E-state index contributed by atoms with van der Waals surface area (Å²) in [7, 11) is -5.11. The number of hydrogen-bond donors (Lipinski definition) is 6. The molecule has 0 aromatic rings. The van der Waals surface area contributed by atoms with Gasteiger partial charge < -0.3 is 39.9 Å². The molecular weight excluding hydrogens is 779 g/mol. The van der Waals surface area contributed by atoms with E-state index in [1.165, 1.54) is 116 Å². The number of esters is 2. The van der Waals surface area contributed by atoms with Gasteiger partial charge in [-0.15, -0.1) is 0 Å². The molecule has 6 unspecified atom stereocenters. The number of unbranched alkanes of at least 4 members (excludes halogenated alkanes) is 25. The average molecular weight is 865 g/mol. The Labute approximate surface area is 356 Å². The maximum absolute atomic E-state index is 12.8. The summed E-state index contributed by atoms with van der Waals surface area (Å²) in [5.41, 5.74) is 0. The van der Waals surface area contributed by atoms with Crippen LogP contribution in [0, 0.1) is 0 Å². The van der Waals surface area contributed by atoms with Crippen molar-refractivity contribution >= 4 is 19.8 Å². The molecule has 0 saturated heterocycles. The van der Waals surface area contributed by atoms with Crippen molar-refractivity contribution in [1.82, 2.24) is 0 Å². The number of phosphoric acid groups is 1. The number of ether oxygens (including phenoxy) is 2. The summed E-state index contributed by atoms with van der Waals surface area (Å²) in [6.07, 6.45) is 24.0. The van der Waals surface area contributed by atoms with Gasteiger partial charge in [0.15, 0.2) is 6.10 Å². The van der Waals surface area contributed by atoms with E-state index in [4.69, 9.17) is 18.5 Å². The number of rotatable bonds is 39. The lowest BCUT2D eigenvalue weighted by Crippen LogP contribution is -2.64. The van der Waals surface area contributed by atoms with E-state index >= 15 is 0 Å². The summed E-state index contributed by atoms with van der Waals surface area (Å²) in [6, 6.07) is 0. The highest BCUT2D eigenvalue weighted by Gasteiger charge is 2.51. The van der Waals surface area contributed by atoms with E-state index in [0.29, 0.717) is 12.8 Å². The average Bonchev–Trinajstić information content (AvgIpc) is 3.21. The maximum Gasteiger partial charge on any atom is 0.472 e. The zero-order valence-corrected chi connectivity index (χ0v) is 37.7. The van der Waals surface area contributed by atoms with Gasteiger partial charge in [0.05, 0.1) is 6.61 Å². The lowest BCUT2D eigenvalue weighted by molar-refractivity contribution is -0.220. The molecule has 0 bridgehead atoms. The van der Waals surface area contributed by atoms with E-state index in [2.05, 4.69) is 26.0 Å². The third-order valence-corrected chi connectivity index (χ3v) is 12.1. The van der Waals surface area contributed by atoms with Gasteiger partial charge in [-0.1, -0.05) is 167 Å². The van der Waals surface area contributed by atoms with Crippen molar-refractivity contribution in [2.75, 3.05) is 13.2 Å². The van der Waals surface area contributed by atoms with Crippen LogP contribution in [-0.2, 0) is 32.7 Å². The van der Waals surface area contributed by atoms with Crippen molar-refractivity contribution < 1.29 is 63.1 Å². The molecule has 0 aromatic heterocycles. The Hall–Kier alpha value is -1.41. The highest BCUT2D eigenvalue weighted by atomic mass is 31.2. The fourth-order valence-corrected chi connectivity index (χ4v) is 8.26. The molecule has 8 atom stereocenters. The van der Waals surface area contributed by atoms with Crippen molar-refractivity contribution in [3.63, 3.8) is 0 Å². The SMILES string of the molecule is CCCCCC/C=C/CCCCCCCCCCCC(=O)O[C@H](COC(=O)CCCCCCCCCCCCCCC)COP(=O)(O)OC1C(O)C(O)C(O)[C@H](O)C1O. The zero-order valence-electron chi connectivity index (χ0n) is 36.8. The molecule has 0 amide bonds. The molecule has 348 valence electrons. The third kappa shape index (κ3) is 28.7. The molecule has 1 rings (SSSR count). The van der Waals surface area contributed by atoms with Crippen molar-refractivity contribution in [1.29, 1.82) is 0 Å². The van der Waals surface area contributed by atoms with Crippen molar-refractivity contribution in [3.8, 4) is 0 Å². The van der Waals surface area contributed by atoms with E-state index in [1.54, 1.807) is 0 Å². The minimum atomic E-state index is -5.11. The van der Waals surface area contributed by atoms with E-state index < -0.39 is 75.7 Å². The summed E-state index contributed by atoms with van der Waals surface area (Å²) in [5, 5.41) is 50.1. The van der Waals surface area contributed by atoms with Crippen LogP contribution < -0.4 is 0 Å². The van der Waals surface area contributed by atoms with Crippen LogP contribution in [0.4, 0.5) is 0 Å². The molecule has 1 aliphatic carbocycles. The molecule has 6 N–H and O–H groups in total. The largest absolute Gasteiger partial charge is 0.472 e. The van der Waals surface area contributed by atoms with Crippen molar-refractivity contribution in [3.05, 3.63) is 12.2 Å². The molecule has 14 heteroatoms. The monoisotopic (exact) mass is 865 g/mol. The van der Waals surface area contributed by atoms with Gasteiger partial charge in [-0.3, -0.25) is 18.6 Å². The number of allylic oxidation sites excluding steroid dienone is 2. The Morgan fingerprint density at radius 3 is 1.31 bits per heavy atom. The fourth-order valence-electron chi connectivity index (χ4n) is 7.28. The van der Waals surface area contributed by atoms with Crippen molar-refractivity contribution in [2.45, 2.75) is 249 Å². The molecular formula is C45H85O13P. The molecule has 1 fully saturated rings. The normalized spacial score (nSPS) is 22.4. The van der Waals surface area contributed by atoms with Gasteiger partial charge >= 0.3 is 19.8 Å². The Morgan fingerprint density at radius 2 is 0.864 bits per heavy atom. The predicted molar refractivity (Wildman–Crippen MR) is 231 cm³/mol. The fraction of sp³-hybridized carbons (Fsp3) is 0.911. The lowest BCUT2D eigenvalue weighted by atomic mass is 9.85. The second kappa shape index (κ2) is 36.1. The van der Waals surface area contributed by atoms with Gasteiger partial charge in [-0.2, -0.15) is 0 Å². The first kappa shape index (κ1) is 55.6. The molecule has 59 heavy (non-hydrogen) atoms. The number of aliphatic hydroxyl groups excluding tert-OH is 5. The minimum absolute atomic E-state index is 0.0986. The first-order valence-electron chi connectivity index (χ1n) is 23.5. The molecule has 0 radical (unpaired) electrons. The molecule has 1 aliphatic rings. The van der Waals surface area contributed by atoms with Crippen LogP contribution in [0.3, 0.4) is 0 Å². The second-order valence-corrected chi connectivity index (χ2v) is 18.0. The van der Waals surface area contributed by atoms with Crippen LogP contribution >= 0.6 is 7.82 Å². The third-order valence-electron chi connectivity index (χ3n) is 11.1. The van der Waals surface area contributed by atoms with Crippen LogP contribution in [0.15, 0.2) is 12.2 Å². The number of aliphatic hydroxyl groups is 5. The topological polar surface area (TPSA) is 210 Å². The van der Waals surface area contributed by atoms with Gasteiger partial charge in [0.2, 0.25) is 0 Å². The zero-order chi connectivity index (χ0) is 43.6. The summed E-state index contributed by atoms with van der Waals surface area (Å²) in [6.45, 7) is 3.30. The smallest absolute Gasteiger partial charge is 0.462 e. The van der Waals surface area contributed by atoms with Gasteiger partial charge in [0.25, 0.3) is 0 Å². The van der Waals surface area contributed by atoms with E-state index in [-0.39, 0.29) is 12.8 Å². The van der Waals surface area contributed by atoms with Gasteiger partial charge in [0, 0.05) is 12.8 Å². The number of hydrogen-bond acceptors (Lipinski definition) is 12. The lowest BCUT2D eigenvalue weighted by Gasteiger charge is -2.41. The summed E-state index contributed by atoms with van der Waals surface area (Å²) in [4.78, 5) is 35.7. The molecule has 1 saturated carbocycles. The summed E-state index contributed by atoms with van der Waals surface area (Å²) >= 11 is 0. The van der Waals surface area contributed by atoms with E-state index in [1.807, 2.05) is 0 Å². The highest BCUT2D eigenvalue weighted by Crippen LogP contribution is 2.47. The maximum atomic E-state index is 12.8. The Morgan fingerprint density at radius 1 is 0.508 bits per heavy atom. The highest BCUT2D eigenvalue weighted by molar-refractivity contribution is 7.47. The van der Waals surface area contributed by atoms with Crippen LogP contribution in [0.2, 0.25) is 0 Å². The standard InChI is InChI=1S/C45H85O13P/c1-3-5-7-9-11-13-15-17-18-19-20-22-24-26-28-30-32-34-39(47)57-37(36-56-59(53,54)58-45-43(51)41(49)40(48)42(50)44(45)52)35-55-38(46)33-31-29-27-25-23-21-16-14-12-10-8-6-4-2/h13,15,37,40-45,48-52H,3-12,14,16-36H2,1-2H3,(H,53,54)/b15-13+/t37-,40?,41+,42?,43?,44?,45?/m1/s1. The first-order valence-corrected chi connectivity index (χ1v) is 25.0. The first-order chi connectivity index (χ1) is 28.4. The minimum Gasteiger partial charge on any atom is -0.462 e. The van der Waals surface area contributed by atoms with Crippen molar-refractivity contribution in [2.24, 2.45) is 0 Å². The predicted octanol–water partition coefficient (Wildman–Crippen LogP) is 9.06. The molecule has 13 nitrogen and oxygen atoms in total. The molecule has 0 heterocycles. The molecule has 0 spiro atoms. The second-order valence-electron chi connectivity index (χ2n) is 16.6. The van der Waals surface area contributed by atoms with E-state index in [9.17, 15) is 44.6 Å². The summed E-state index contributed by atoms with van der Waals surface area (Å²) < 4.78 is 33.5. The Balaban J connectivity index is 2.44. The Kier molecular flexibility index (Phi) is 34.0. The van der Waals surface area contributed by atoms with Crippen LogP contribution in [0.5, 0.6) is 0 Å². The quantitative estimate of drug-likeness (QED) is 0.0148. The van der Waals surface area contributed by atoms with Gasteiger partial charge in [-0.05, 0) is 38.5 Å². The van der Waals surface area contributed by atoms with E-state index in [0.717, 1.165) is 51.4 Å². The van der Waals surface area contributed by atoms with Gasteiger partial charge in [-0.25, -0.2) is 4.57 Å². The number of phosphoric ester groups is 1. The summed E-state index contributed by atoms with van der Waals surface area (Å²) in [5.74, 6) is -1.09. The Bertz CT molecular complexity index is 1090. The van der Waals surface area contributed by atoms with Crippen LogP contribution in [-0.4, -0.2) is 98.3 Å².